The van der Waals surface area contributed by atoms with E-state index in [1.807, 2.05) is 86.6 Å². The van der Waals surface area contributed by atoms with E-state index in [9.17, 15) is 4.79 Å². The number of aryl methyl sites for hydroxylation is 2. The highest BCUT2D eigenvalue weighted by atomic mass is 16.1. The molecular formula is C23H19N3O. The number of hydrogen-bond donors (Lipinski definition) is 1. The number of nitrogens with one attached hydrogen (secondary N) is 1. The smallest absolute Gasteiger partial charge is 0.258 e. The van der Waals surface area contributed by atoms with Crippen LogP contribution < -0.4 is 5.32 Å². The first-order chi connectivity index (χ1) is 13.1. The molecule has 0 saturated carbocycles. The fraction of sp³-hybridized carbons (Fsp3) is 0.0870. The van der Waals surface area contributed by atoms with E-state index in [2.05, 4.69) is 15.5 Å². The molecule has 0 aliphatic rings. The molecule has 0 radical (unpaired) electrons. The predicted molar refractivity (Wildman–Crippen MR) is 109 cm³/mol. The van der Waals surface area contributed by atoms with Crippen LogP contribution in [0.25, 0.3) is 22.2 Å². The van der Waals surface area contributed by atoms with Crippen LogP contribution >= 0.6 is 0 Å². The maximum absolute atomic E-state index is 13.3. The van der Waals surface area contributed by atoms with E-state index >= 15 is 0 Å². The highest BCUT2D eigenvalue weighted by Gasteiger charge is 2.19. The van der Waals surface area contributed by atoms with E-state index in [1.54, 1.807) is 0 Å². The van der Waals surface area contributed by atoms with Gasteiger partial charge in [0.2, 0.25) is 0 Å². The summed E-state index contributed by atoms with van der Waals surface area (Å²) in [6.45, 7) is 4.00. The van der Waals surface area contributed by atoms with E-state index in [4.69, 9.17) is 0 Å². The van der Waals surface area contributed by atoms with Gasteiger partial charge < -0.3 is 5.32 Å². The first-order valence-corrected chi connectivity index (χ1v) is 8.83. The Morgan fingerprint density at radius 3 is 2.30 bits per heavy atom. The quantitative estimate of drug-likeness (QED) is 0.553. The summed E-state index contributed by atoms with van der Waals surface area (Å²) in [6.07, 6.45) is 0. The van der Waals surface area contributed by atoms with E-state index < -0.39 is 0 Å². The molecule has 27 heavy (non-hydrogen) atoms. The minimum atomic E-state index is -0.189. The van der Waals surface area contributed by atoms with Crippen LogP contribution in [0.5, 0.6) is 0 Å². The van der Waals surface area contributed by atoms with Crippen molar-refractivity contribution in [1.82, 2.24) is 10.2 Å². The summed E-state index contributed by atoms with van der Waals surface area (Å²) in [5.74, 6) is -0.189. The van der Waals surface area contributed by atoms with Gasteiger partial charge in [-0.3, -0.25) is 4.79 Å². The number of carbonyl (C=O) groups is 1. The third kappa shape index (κ3) is 3.29. The van der Waals surface area contributed by atoms with Crippen molar-refractivity contribution >= 4 is 22.5 Å². The van der Waals surface area contributed by atoms with Gasteiger partial charge in [0.15, 0.2) is 0 Å². The number of rotatable bonds is 3. The molecule has 1 N–H and O–H groups in total. The molecule has 0 spiro atoms. The Morgan fingerprint density at radius 1 is 0.815 bits per heavy atom. The van der Waals surface area contributed by atoms with Gasteiger partial charge in [-0.2, -0.15) is 0 Å². The summed E-state index contributed by atoms with van der Waals surface area (Å²) in [4.78, 5) is 13.3. The van der Waals surface area contributed by atoms with Gasteiger partial charge in [-0.05, 0) is 31.5 Å². The van der Waals surface area contributed by atoms with Crippen LogP contribution in [0.2, 0.25) is 0 Å². The maximum Gasteiger partial charge on any atom is 0.258 e. The molecule has 1 amide bonds. The number of amides is 1. The Labute approximate surface area is 157 Å². The van der Waals surface area contributed by atoms with Crippen LogP contribution in [0.1, 0.15) is 21.5 Å². The Bertz CT molecular complexity index is 1130. The number of anilines is 1. The number of benzene rings is 3. The summed E-state index contributed by atoms with van der Waals surface area (Å²) in [7, 11) is 0. The predicted octanol–water partition coefficient (Wildman–Crippen LogP) is 5.17. The Balaban J connectivity index is 1.88. The minimum Gasteiger partial charge on any atom is -0.322 e. The van der Waals surface area contributed by atoms with Gasteiger partial charge in [0.25, 0.3) is 5.91 Å². The Hall–Kier alpha value is -3.53. The van der Waals surface area contributed by atoms with E-state index in [-0.39, 0.29) is 5.91 Å². The topological polar surface area (TPSA) is 54.9 Å². The van der Waals surface area contributed by atoms with E-state index in [0.29, 0.717) is 16.8 Å². The summed E-state index contributed by atoms with van der Waals surface area (Å²) >= 11 is 0. The molecule has 4 nitrogen and oxygen atoms in total. The van der Waals surface area contributed by atoms with Crippen molar-refractivity contribution in [1.29, 1.82) is 0 Å². The van der Waals surface area contributed by atoms with Crippen LogP contribution in [-0.4, -0.2) is 16.1 Å². The van der Waals surface area contributed by atoms with Crippen LogP contribution in [0.4, 0.5) is 5.69 Å². The molecule has 0 fully saturated rings. The molecule has 1 heterocycles. The average Bonchev–Trinajstić information content (AvgIpc) is 2.69. The molecule has 4 aromatic rings. The molecule has 1 aromatic heterocycles. The third-order valence-electron chi connectivity index (χ3n) is 4.61. The zero-order valence-electron chi connectivity index (χ0n) is 15.2. The van der Waals surface area contributed by atoms with Gasteiger partial charge in [-0.15, -0.1) is 10.2 Å². The average molecular weight is 353 g/mol. The lowest BCUT2D eigenvalue weighted by molar-refractivity contribution is 0.102. The second kappa shape index (κ2) is 7.00. The monoisotopic (exact) mass is 353 g/mol. The highest BCUT2D eigenvalue weighted by Crippen LogP contribution is 2.28. The summed E-state index contributed by atoms with van der Waals surface area (Å²) in [6, 6.07) is 23.3. The number of carbonyl (C=O) groups excluding carboxylic acids is 1. The molecule has 4 heteroatoms. The molecule has 0 aliphatic carbocycles. The molecule has 0 unspecified atom stereocenters. The van der Waals surface area contributed by atoms with Gasteiger partial charge in [-0.25, -0.2) is 0 Å². The van der Waals surface area contributed by atoms with Gasteiger partial charge in [-0.1, -0.05) is 66.2 Å². The molecular weight excluding hydrogens is 334 g/mol. The first kappa shape index (κ1) is 16.9. The number of fused-ring (bicyclic) bond motifs is 1. The SMILES string of the molecule is Cc1ccc(-c2nnc3ccccc3c2C(=O)Nc2ccccc2C)cc1. The third-order valence-corrected chi connectivity index (χ3v) is 4.61. The van der Waals surface area contributed by atoms with Gasteiger partial charge in [0, 0.05) is 16.6 Å². The summed E-state index contributed by atoms with van der Waals surface area (Å²) < 4.78 is 0. The molecule has 0 aliphatic heterocycles. The van der Waals surface area contributed by atoms with Crippen LogP contribution in [-0.2, 0) is 0 Å². The number of nitrogens with zero attached hydrogens (tertiary/aromatic N) is 2. The zero-order valence-corrected chi connectivity index (χ0v) is 15.2. The van der Waals surface area contributed by atoms with Crippen LogP contribution in [0.3, 0.4) is 0 Å². The van der Waals surface area contributed by atoms with Crippen molar-refractivity contribution < 1.29 is 4.79 Å². The zero-order chi connectivity index (χ0) is 18.8. The number of hydrogen-bond acceptors (Lipinski definition) is 3. The second-order valence-corrected chi connectivity index (χ2v) is 6.58. The number of aromatic nitrogens is 2. The second-order valence-electron chi connectivity index (χ2n) is 6.58. The Kier molecular flexibility index (Phi) is 4.38. The van der Waals surface area contributed by atoms with Crippen molar-refractivity contribution in [2.45, 2.75) is 13.8 Å². The minimum absolute atomic E-state index is 0.189. The van der Waals surface area contributed by atoms with Crippen molar-refractivity contribution in [3.05, 3.63) is 89.5 Å². The molecule has 0 atom stereocenters. The number of para-hydroxylation sites is 1. The molecule has 132 valence electrons. The van der Waals surface area contributed by atoms with Gasteiger partial charge >= 0.3 is 0 Å². The van der Waals surface area contributed by atoms with Gasteiger partial charge in [0.1, 0.15) is 5.69 Å². The lowest BCUT2D eigenvalue weighted by atomic mass is 10.0. The highest BCUT2D eigenvalue weighted by molar-refractivity contribution is 6.16. The summed E-state index contributed by atoms with van der Waals surface area (Å²) in [5.41, 5.74) is 5.63. The van der Waals surface area contributed by atoms with E-state index in [1.165, 1.54) is 0 Å². The van der Waals surface area contributed by atoms with Crippen LogP contribution in [0, 0.1) is 13.8 Å². The van der Waals surface area contributed by atoms with Crippen molar-refractivity contribution in [2.24, 2.45) is 0 Å². The lowest BCUT2D eigenvalue weighted by Crippen LogP contribution is -2.16. The summed E-state index contributed by atoms with van der Waals surface area (Å²) in [5, 5.41) is 12.5. The maximum atomic E-state index is 13.3. The van der Waals surface area contributed by atoms with Gasteiger partial charge in [0.05, 0.1) is 11.1 Å². The standard InChI is InChI=1S/C23H19N3O/c1-15-11-13-17(14-12-15)22-21(18-8-4-6-10-20(18)25-26-22)23(27)24-19-9-5-3-7-16(19)2/h3-14H,1-2H3,(H,24,27). The molecule has 0 bridgehead atoms. The molecule has 4 rings (SSSR count). The normalized spacial score (nSPS) is 10.7. The lowest BCUT2D eigenvalue weighted by Gasteiger charge is -2.13. The van der Waals surface area contributed by atoms with Crippen molar-refractivity contribution in [2.75, 3.05) is 5.32 Å². The molecule has 0 saturated heterocycles. The molecule has 3 aromatic carbocycles. The largest absolute Gasteiger partial charge is 0.322 e. The van der Waals surface area contributed by atoms with Crippen molar-refractivity contribution in [3.63, 3.8) is 0 Å². The van der Waals surface area contributed by atoms with Crippen molar-refractivity contribution in [3.8, 4) is 11.3 Å². The van der Waals surface area contributed by atoms with Crippen LogP contribution in [0.15, 0.2) is 72.8 Å². The fourth-order valence-electron chi connectivity index (χ4n) is 3.09. The van der Waals surface area contributed by atoms with E-state index in [0.717, 1.165) is 27.8 Å². The Morgan fingerprint density at radius 2 is 1.52 bits per heavy atom. The fourth-order valence-corrected chi connectivity index (χ4v) is 3.09. The first-order valence-electron chi connectivity index (χ1n) is 8.83.